The van der Waals surface area contributed by atoms with Gasteiger partial charge in [0.1, 0.15) is 22.0 Å². The summed E-state index contributed by atoms with van der Waals surface area (Å²) >= 11 is 0. The third kappa shape index (κ3) is 2.57. The van der Waals surface area contributed by atoms with Gasteiger partial charge in [-0.15, -0.1) is 0 Å². The van der Waals surface area contributed by atoms with Crippen LogP contribution in [0.15, 0.2) is 58.6 Å². The van der Waals surface area contributed by atoms with Gasteiger partial charge in [-0.25, -0.2) is 22.8 Å². The van der Waals surface area contributed by atoms with Crippen LogP contribution in [0, 0.1) is 5.82 Å². The molecular weight excluding hydrogens is 355 g/mol. The maximum Gasteiger partial charge on any atom is 0.212 e. The number of nitrogens with zero attached hydrogens (tertiary/aromatic N) is 3. The van der Waals surface area contributed by atoms with Crippen LogP contribution in [0.2, 0.25) is 0 Å². The Bertz CT molecular complexity index is 1120. The molecule has 0 bridgehead atoms. The maximum atomic E-state index is 13.6. The van der Waals surface area contributed by atoms with Crippen molar-refractivity contribution in [3.63, 3.8) is 0 Å². The lowest BCUT2D eigenvalue weighted by atomic mass is 10.0. The lowest BCUT2D eigenvalue weighted by molar-refractivity contribution is 0.531. The molecular formula is C18H17FN4O2S. The van der Waals surface area contributed by atoms with E-state index < -0.39 is 15.7 Å². The molecule has 1 aliphatic carbocycles. The maximum absolute atomic E-state index is 13.6. The number of anilines is 1. The van der Waals surface area contributed by atoms with Gasteiger partial charge >= 0.3 is 0 Å². The lowest BCUT2D eigenvalue weighted by Gasteiger charge is -2.20. The molecule has 2 aromatic heterocycles. The summed E-state index contributed by atoms with van der Waals surface area (Å²) < 4.78 is 41.6. The molecule has 26 heavy (non-hydrogen) atoms. The van der Waals surface area contributed by atoms with E-state index >= 15 is 0 Å². The molecule has 4 rings (SSSR count). The molecule has 8 heteroatoms. The van der Waals surface area contributed by atoms with Gasteiger partial charge in [0.25, 0.3) is 0 Å². The Balaban J connectivity index is 2.00. The number of nitrogen functional groups attached to an aromatic ring is 1. The number of nitrogens with two attached hydrogens (primary N) is 1. The zero-order valence-corrected chi connectivity index (χ0v) is 14.7. The smallest absolute Gasteiger partial charge is 0.212 e. The van der Waals surface area contributed by atoms with Crippen LogP contribution in [0.25, 0.3) is 11.2 Å². The van der Waals surface area contributed by atoms with E-state index in [-0.39, 0.29) is 27.2 Å². The molecule has 0 spiro atoms. The van der Waals surface area contributed by atoms with Gasteiger partial charge in [-0.1, -0.05) is 18.2 Å². The van der Waals surface area contributed by atoms with Crippen LogP contribution in [-0.4, -0.2) is 23.0 Å². The molecule has 0 fully saturated rings. The van der Waals surface area contributed by atoms with Crippen molar-refractivity contribution in [2.75, 3.05) is 5.73 Å². The van der Waals surface area contributed by atoms with Crippen LogP contribution >= 0.6 is 0 Å². The summed E-state index contributed by atoms with van der Waals surface area (Å²) in [6.07, 6.45) is 9.78. The predicted molar refractivity (Wildman–Crippen MR) is 95.8 cm³/mol. The molecule has 0 saturated heterocycles. The normalized spacial score (nSPS) is 17.7. The summed E-state index contributed by atoms with van der Waals surface area (Å²) in [6, 6.07) is 4.79. The molecule has 2 heterocycles. The highest BCUT2D eigenvalue weighted by atomic mass is 32.2. The summed E-state index contributed by atoms with van der Waals surface area (Å²) in [5.74, 6) is -0.554. The molecule has 1 unspecified atom stereocenters. The number of sulfone groups is 1. The highest BCUT2D eigenvalue weighted by molar-refractivity contribution is 7.92. The minimum Gasteiger partial charge on any atom is -0.384 e. The SMILES string of the molecule is Nc1c(S(=O)(=O)c2cccc(F)c2)c2nccnc2n1C1C=CCCC1. The average Bonchev–Trinajstić information content (AvgIpc) is 2.95. The third-order valence-corrected chi connectivity index (χ3v) is 6.36. The first-order chi connectivity index (χ1) is 12.5. The number of allylic oxidation sites excluding steroid dienone is 2. The zero-order valence-electron chi connectivity index (χ0n) is 13.8. The summed E-state index contributed by atoms with van der Waals surface area (Å²) in [6.45, 7) is 0. The Morgan fingerprint density at radius 2 is 2.04 bits per heavy atom. The van der Waals surface area contributed by atoms with E-state index in [1.54, 1.807) is 4.57 Å². The molecule has 134 valence electrons. The first-order valence-corrected chi connectivity index (χ1v) is 9.76. The predicted octanol–water partition coefficient (Wildman–Crippen LogP) is 3.27. The van der Waals surface area contributed by atoms with Gasteiger partial charge in [0.15, 0.2) is 5.65 Å². The van der Waals surface area contributed by atoms with E-state index in [2.05, 4.69) is 16.0 Å². The Labute approximate surface area is 150 Å². The van der Waals surface area contributed by atoms with Gasteiger partial charge in [-0.05, 0) is 37.5 Å². The monoisotopic (exact) mass is 372 g/mol. The molecule has 2 N–H and O–H groups in total. The highest BCUT2D eigenvalue weighted by Gasteiger charge is 2.31. The van der Waals surface area contributed by atoms with E-state index in [0.29, 0.717) is 5.65 Å². The average molecular weight is 372 g/mol. The van der Waals surface area contributed by atoms with Gasteiger partial charge in [0, 0.05) is 12.4 Å². The molecule has 0 radical (unpaired) electrons. The lowest BCUT2D eigenvalue weighted by Crippen LogP contribution is -2.13. The summed E-state index contributed by atoms with van der Waals surface area (Å²) in [5, 5.41) is 0. The topological polar surface area (TPSA) is 90.9 Å². The Hall–Kier alpha value is -2.74. The molecule has 6 nitrogen and oxygen atoms in total. The molecule has 1 atom stereocenters. The van der Waals surface area contributed by atoms with Crippen LogP contribution < -0.4 is 5.73 Å². The molecule has 3 aromatic rings. The largest absolute Gasteiger partial charge is 0.384 e. The van der Waals surface area contributed by atoms with Gasteiger partial charge in [-0.2, -0.15) is 0 Å². The second kappa shape index (κ2) is 6.21. The van der Waals surface area contributed by atoms with Gasteiger partial charge in [-0.3, -0.25) is 0 Å². The van der Waals surface area contributed by atoms with E-state index in [4.69, 9.17) is 5.73 Å². The van der Waals surface area contributed by atoms with Crippen molar-refractivity contribution in [3.8, 4) is 0 Å². The van der Waals surface area contributed by atoms with Gasteiger partial charge in [0.2, 0.25) is 9.84 Å². The molecule has 0 amide bonds. The second-order valence-electron chi connectivity index (χ2n) is 6.20. The Morgan fingerprint density at radius 1 is 1.23 bits per heavy atom. The Morgan fingerprint density at radius 3 is 2.77 bits per heavy atom. The Kier molecular flexibility index (Phi) is 3.99. The number of aromatic nitrogens is 3. The number of halogens is 1. The fourth-order valence-corrected chi connectivity index (χ4v) is 4.91. The fourth-order valence-electron chi connectivity index (χ4n) is 3.37. The summed E-state index contributed by atoms with van der Waals surface area (Å²) in [5.41, 5.74) is 6.90. The third-order valence-electron chi connectivity index (χ3n) is 4.55. The van der Waals surface area contributed by atoms with Crippen molar-refractivity contribution in [3.05, 3.63) is 54.6 Å². The molecule has 0 saturated carbocycles. The standard InChI is InChI=1S/C18H17FN4O2S/c19-12-5-4-8-14(11-12)26(24,25)16-15-18(22-10-9-21-15)23(17(16)20)13-6-2-1-3-7-13/h2,4-6,8-11,13H,1,3,7,20H2. The van der Waals surface area contributed by atoms with Crippen LogP contribution in [0.5, 0.6) is 0 Å². The van der Waals surface area contributed by atoms with Gasteiger partial charge in [0.05, 0.1) is 10.9 Å². The van der Waals surface area contributed by atoms with Gasteiger partial charge < -0.3 is 10.3 Å². The van der Waals surface area contributed by atoms with Crippen LogP contribution in [0.1, 0.15) is 25.3 Å². The van der Waals surface area contributed by atoms with E-state index in [0.717, 1.165) is 25.3 Å². The number of rotatable bonds is 3. The summed E-state index contributed by atoms with van der Waals surface area (Å²) in [7, 11) is -4.05. The van der Waals surface area contributed by atoms with Crippen molar-refractivity contribution in [1.29, 1.82) is 0 Å². The molecule has 1 aromatic carbocycles. The number of fused-ring (bicyclic) bond motifs is 1. The summed E-state index contributed by atoms with van der Waals surface area (Å²) in [4.78, 5) is 8.24. The number of hydrogen-bond acceptors (Lipinski definition) is 5. The quantitative estimate of drug-likeness (QED) is 0.713. The zero-order chi connectivity index (χ0) is 18.3. The first-order valence-electron chi connectivity index (χ1n) is 8.28. The number of benzene rings is 1. The fraction of sp³-hybridized carbons (Fsp3) is 0.222. The molecule has 0 aliphatic heterocycles. The molecule has 1 aliphatic rings. The van der Waals surface area contributed by atoms with Crippen molar-refractivity contribution in [2.45, 2.75) is 35.1 Å². The van der Waals surface area contributed by atoms with E-state index in [9.17, 15) is 12.8 Å². The van der Waals surface area contributed by atoms with Crippen molar-refractivity contribution in [1.82, 2.24) is 14.5 Å². The minimum absolute atomic E-state index is 0.0759. The van der Waals surface area contributed by atoms with Crippen molar-refractivity contribution in [2.24, 2.45) is 0 Å². The highest BCUT2D eigenvalue weighted by Crippen LogP contribution is 2.38. The van der Waals surface area contributed by atoms with Crippen molar-refractivity contribution < 1.29 is 12.8 Å². The van der Waals surface area contributed by atoms with Crippen molar-refractivity contribution >= 4 is 26.8 Å². The minimum atomic E-state index is -4.05. The second-order valence-corrected chi connectivity index (χ2v) is 8.09. The van der Waals surface area contributed by atoms with Crippen LogP contribution in [0.3, 0.4) is 0 Å². The number of hydrogen-bond donors (Lipinski definition) is 1. The van der Waals surface area contributed by atoms with E-state index in [1.807, 2.05) is 6.08 Å². The first kappa shape index (κ1) is 16.7. The van der Waals surface area contributed by atoms with Crippen LogP contribution in [-0.2, 0) is 9.84 Å². The van der Waals surface area contributed by atoms with Crippen LogP contribution in [0.4, 0.5) is 10.2 Å². The van der Waals surface area contributed by atoms with E-state index in [1.165, 1.54) is 30.6 Å².